The van der Waals surface area contributed by atoms with Gasteiger partial charge in [-0.1, -0.05) is 30.3 Å². The summed E-state index contributed by atoms with van der Waals surface area (Å²) in [4.78, 5) is 36.5. The summed E-state index contributed by atoms with van der Waals surface area (Å²) in [5.74, 6) is -0.374. The van der Waals surface area contributed by atoms with Crippen LogP contribution in [0.1, 0.15) is 39.4 Å². The Labute approximate surface area is 187 Å². The molecule has 7 heteroatoms. The van der Waals surface area contributed by atoms with E-state index in [2.05, 4.69) is 32.5 Å². The number of carbonyl (C=O) groups is 2. The Balaban J connectivity index is 1.46. The van der Waals surface area contributed by atoms with Gasteiger partial charge in [0.25, 0.3) is 11.8 Å². The second kappa shape index (κ2) is 9.70. The van der Waals surface area contributed by atoms with E-state index in [1.54, 1.807) is 25.3 Å². The number of amides is 2. The van der Waals surface area contributed by atoms with Crippen molar-refractivity contribution in [2.75, 3.05) is 25.5 Å². The molecule has 1 aromatic heterocycles. The summed E-state index contributed by atoms with van der Waals surface area (Å²) in [6, 6.07) is 16.7. The van der Waals surface area contributed by atoms with E-state index in [1.807, 2.05) is 42.5 Å². The fraction of sp³-hybridized carbons (Fsp3) is 0.280. The normalized spacial score (nSPS) is 14.7. The molecule has 4 rings (SSSR count). The molecular weight excluding hydrogens is 402 g/mol. The van der Waals surface area contributed by atoms with E-state index in [1.165, 1.54) is 0 Å². The summed E-state index contributed by atoms with van der Waals surface area (Å²) < 4.78 is 0. The lowest BCUT2D eigenvalue weighted by molar-refractivity contribution is 0.0916. The minimum absolute atomic E-state index is 0.0657. The van der Waals surface area contributed by atoms with Gasteiger partial charge in [-0.2, -0.15) is 0 Å². The monoisotopic (exact) mass is 429 g/mol. The zero-order valence-electron chi connectivity index (χ0n) is 18.3. The zero-order chi connectivity index (χ0) is 22.5. The van der Waals surface area contributed by atoms with E-state index in [9.17, 15) is 9.59 Å². The first-order valence-electron chi connectivity index (χ1n) is 10.8. The molecule has 1 aliphatic rings. The summed E-state index contributed by atoms with van der Waals surface area (Å²) in [6.07, 6.45) is 3.57. The van der Waals surface area contributed by atoms with Crippen LogP contribution in [0.4, 0.5) is 5.69 Å². The van der Waals surface area contributed by atoms with E-state index >= 15 is 0 Å². The predicted octanol–water partition coefficient (Wildman–Crippen LogP) is 3.53. The molecule has 164 valence electrons. The first kappa shape index (κ1) is 21.6. The van der Waals surface area contributed by atoms with E-state index in [0.717, 1.165) is 31.5 Å². The van der Waals surface area contributed by atoms with Crippen molar-refractivity contribution in [2.24, 2.45) is 0 Å². The van der Waals surface area contributed by atoms with Gasteiger partial charge in [0.15, 0.2) is 0 Å². The van der Waals surface area contributed by atoms with Gasteiger partial charge in [0.2, 0.25) is 0 Å². The van der Waals surface area contributed by atoms with E-state index < -0.39 is 0 Å². The number of hydrogen-bond acceptors (Lipinski definition) is 5. The number of rotatable bonds is 5. The van der Waals surface area contributed by atoms with Gasteiger partial charge in [-0.3, -0.25) is 14.6 Å². The zero-order valence-corrected chi connectivity index (χ0v) is 18.3. The summed E-state index contributed by atoms with van der Waals surface area (Å²) in [5, 5.41) is 5.97. The molecule has 1 aliphatic heterocycles. The van der Waals surface area contributed by atoms with Crippen molar-refractivity contribution in [2.45, 2.75) is 25.8 Å². The number of anilines is 1. The van der Waals surface area contributed by atoms with Crippen LogP contribution in [0.3, 0.4) is 0 Å². The molecule has 2 heterocycles. The molecule has 0 spiro atoms. The third-order valence-corrected chi connectivity index (χ3v) is 5.70. The molecule has 0 unspecified atom stereocenters. The predicted molar refractivity (Wildman–Crippen MR) is 125 cm³/mol. The number of piperidine rings is 1. The van der Waals surface area contributed by atoms with Gasteiger partial charge < -0.3 is 15.5 Å². The molecule has 3 aromatic rings. The standard InChI is InChI=1S/C25H27N5O2/c1-17-23(25(32)28-20-6-4-3-5-7-20)29-22(16-26-17)18-8-10-19(11-9-18)24(31)27-21-12-14-30(2)15-13-21/h3-11,16,21H,12-15H2,1-2H3,(H,27,31)(H,28,32). The van der Waals surface area contributed by atoms with Crippen LogP contribution in [0.15, 0.2) is 60.8 Å². The number of carbonyl (C=O) groups excluding carboxylic acids is 2. The molecule has 0 aliphatic carbocycles. The average Bonchev–Trinajstić information content (AvgIpc) is 2.81. The number of benzene rings is 2. The molecule has 1 fully saturated rings. The molecule has 7 nitrogen and oxygen atoms in total. The quantitative estimate of drug-likeness (QED) is 0.648. The third kappa shape index (κ3) is 5.18. The van der Waals surface area contributed by atoms with Crippen LogP contribution in [0.25, 0.3) is 11.3 Å². The van der Waals surface area contributed by atoms with E-state index in [-0.39, 0.29) is 23.6 Å². The first-order valence-corrected chi connectivity index (χ1v) is 10.8. The number of hydrogen-bond donors (Lipinski definition) is 2. The van der Waals surface area contributed by atoms with Crippen molar-refractivity contribution in [3.8, 4) is 11.3 Å². The minimum atomic E-state index is -0.308. The van der Waals surface area contributed by atoms with Gasteiger partial charge in [0.1, 0.15) is 5.69 Å². The van der Waals surface area contributed by atoms with Gasteiger partial charge in [-0.05, 0) is 64.2 Å². The van der Waals surface area contributed by atoms with Gasteiger partial charge in [-0.25, -0.2) is 4.98 Å². The molecule has 32 heavy (non-hydrogen) atoms. The Morgan fingerprint density at radius 3 is 2.34 bits per heavy atom. The lowest BCUT2D eigenvalue weighted by Crippen LogP contribution is -2.43. The van der Waals surface area contributed by atoms with Crippen molar-refractivity contribution in [1.82, 2.24) is 20.2 Å². The lowest BCUT2D eigenvalue weighted by atomic mass is 10.0. The van der Waals surface area contributed by atoms with Crippen LogP contribution in [-0.4, -0.2) is 52.9 Å². The van der Waals surface area contributed by atoms with Crippen LogP contribution in [0, 0.1) is 6.92 Å². The van der Waals surface area contributed by atoms with Crippen molar-refractivity contribution < 1.29 is 9.59 Å². The lowest BCUT2D eigenvalue weighted by Gasteiger charge is -2.29. The number of nitrogens with one attached hydrogen (secondary N) is 2. The maximum atomic E-state index is 12.7. The minimum Gasteiger partial charge on any atom is -0.349 e. The highest BCUT2D eigenvalue weighted by atomic mass is 16.2. The molecule has 2 amide bonds. The number of aromatic nitrogens is 2. The van der Waals surface area contributed by atoms with Gasteiger partial charge in [-0.15, -0.1) is 0 Å². The second-order valence-electron chi connectivity index (χ2n) is 8.14. The van der Waals surface area contributed by atoms with Crippen LogP contribution in [-0.2, 0) is 0 Å². The summed E-state index contributed by atoms with van der Waals surface area (Å²) >= 11 is 0. The van der Waals surface area contributed by atoms with Gasteiger partial charge in [0, 0.05) is 22.9 Å². The first-order chi connectivity index (χ1) is 15.5. The molecule has 0 radical (unpaired) electrons. The van der Waals surface area contributed by atoms with Crippen molar-refractivity contribution in [3.05, 3.63) is 77.7 Å². The SMILES string of the molecule is Cc1ncc(-c2ccc(C(=O)NC3CCN(C)CC3)cc2)nc1C(=O)Nc1ccccc1. The van der Waals surface area contributed by atoms with E-state index in [4.69, 9.17) is 0 Å². The summed E-state index contributed by atoms with van der Waals surface area (Å²) in [5.41, 5.74) is 3.50. The molecular formula is C25H27N5O2. The number of likely N-dealkylation sites (tertiary alicyclic amines) is 1. The number of nitrogens with zero attached hydrogens (tertiary/aromatic N) is 3. The van der Waals surface area contributed by atoms with Crippen LogP contribution < -0.4 is 10.6 Å². The fourth-order valence-corrected chi connectivity index (χ4v) is 3.73. The number of para-hydroxylation sites is 1. The highest BCUT2D eigenvalue weighted by Crippen LogP contribution is 2.19. The van der Waals surface area contributed by atoms with Crippen LogP contribution in [0.2, 0.25) is 0 Å². The van der Waals surface area contributed by atoms with Crippen LogP contribution in [0.5, 0.6) is 0 Å². The molecule has 2 N–H and O–H groups in total. The second-order valence-corrected chi connectivity index (χ2v) is 8.14. The van der Waals surface area contributed by atoms with E-state index in [0.29, 0.717) is 22.6 Å². The smallest absolute Gasteiger partial charge is 0.276 e. The molecule has 2 aromatic carbocycles. The van der Waals surface area contributed by atoms with Crippen LogP contribution >= 0.6 is 0 Å². The Bertz CT molecular complexity index is 1090. The molecule has 0 bridgehead atoms. The fourth-order valence-electron chi connectivity index (χ4n) is 3.73. The van der Waals surface area contributed by atoms with Crippen molar-refractivity contribution in [3.63, 3.8) is 0 Å². The molecule has 0 saturated carbocycles. The molecule has 1 saturated heterocycles. The summed E-state index contributed by atoms with van der Waals surface area (Å²) in [6.45, 7) is 3.75. The highest BCUT2D eigenvalue weighted by Gasteiger charge is 2.19. The highest BCUT2D eigenvalue weighted by molar-refractivity contribution is 6.03. The molecule has 0 atom stereocenters. The average molecular weight is 430 g/mol. The maximum absolute atomic E-state index is 12.7. The largest absolute Gasteiger partial charge is 0.349 e. The van der Waals surface area contributed by atoms with Crippen molar-refractivity contribution >= 4 is 17.5 Å². The Morgan fingerprint density at radius 1 is 0.969 bits per heavy atom. The maximum Gasteiger partial charge on any atom is 0.276 e. The van der Waals surface area contributed by atoms with Crippen molar-refractivity contribution in [1.29, 1.82) is 0 Å². The Kier molecular flexibility index (Phi) is 6.56. The van der Waals surface area contributed by atoms with Gasteiger partial charge in [0.05, 0.1) is 17.6 Å². The third-order valence-electron chi connectivity index (χ3n) is 5.70. The topological polar surface area (TPSA) is 87.2 Å². The van der Waals surface area contributed by atoms with Gasteiger partial charge >= 0.3 is 0 Å². The summed E-state index contributed by atoms with van der Waals surface area (Å²) in [7, 11) is 2.10. The number of aryl methyl sites for hydroxylation is 1. The Morgan fingerprint density at radius 2 is 1.66 bits per heavy atom. The Hall–Kier alpha value is -3.58.